The van der Waals surface area contributed by atoms with Gasteiger partial charge in [-0.1, -0.05) is 18.2 Å². The fourth-order valence-corrected chi connectivity index (χ4v) is 4.26. The molecule has 0 bridgehead atoms. The van der Waals surface area contributed by atoms with Crippen LogP contribution in [0.5, 0.6) is 5.75 Å². The normalized spacial score (nSPS) is 26.5. The highest BCUT2D eigenvalue weighted by atomic mass is 16.5. The summed E-state index contributed by atoms with van der Waals surface area (Å²) in [5.74, 6) is 2.14. The Hall–Kier alpha value is -3.35. The molecule has 31 heavy (non-hydrogen) atoms. The van der Waals surface area contributed by atoms with E-state index in [0.29, 0.717) is 24.8 Å². The minimum Gasteiger partial charge on any atom is -0.497 e. The Morgan fingerprint density at radius 1 is 1.42 bits per heavy atom. The van der Waals surface area contributed by atoms with Gasteiger partial charge < -0.3 is 14.8 Å². The van der Waals surface area contributed by atoms with Crippen LogP contribution in [0, 0.1) is 0 Å². The predicted molar refractivity (Wildman–Crippen MR) is 121 cm³/mol. The molecule has 0 saturated heterocycles. The van der Waals surface area contributed by atoms with Crippen LogP contribution in [0.4, 0.5) is 0 Å². The number of guanidine groups is 1. The summed E-state index contributed by atoms with van der Waals surface area (Å²) in [5, 5.41) is 6.49. The Bertz CT molecular complexity index is 1040. The number of nitrogens with one attached hydrogen (secondary N) is 2. The van der Waals surface area contributed by atoms with Crippen LogP contribution in [0.15, 0.2) is 70.0 Å². The van der Waals surface area contributed by atoms with Crippen molar-refractivity contribution >= 4 is 17.8 Å². The van der Waals surface area contributed by atoms with E-state index in [0.717, 1.165) is 41.2 Å². The minimum atomic E-state index is -0.495. The van der Waals surface area contributed by atoms with Crippen molar-refractivity contribution < 1.29 is 14.3 Å². The van der Waals surface area contributed by atoms with Crippen molar-refractivity contribution in [2.45, 2.75) is 51.1 Å². The van der Waals surface area contributed by atoms with Crippen molar-refractivity contribution in [2.24, 2.45) is 9.98 Å². The van der Waals surface area contributed by atoms with Gasteiger partial charge in [0.2, 0.25) is 5.96 Å². The number of aliphatic imine (C=N–C) groups is 2. The highest BCUT2D eigenvalue weighted by molar-refractivity contribution is 6.04. The lowest BCUT2D eigenvalue weighted by molar-refractivity contribution is -0.116. The van der Waals surface area contributed by atoms with E-state index < -0.39 is 11.6 Å². The van der Waals surface area contributed by atoms with Crippen LogP contribution < -0.4 is 15.4 Å². The molecule has 3 aliphatic rings. The molecule has 0 fully saturated rings. The predicted octanol–water partition coefficient (Wildman–Crippen LogP) is 3.92. The summed E-state index contributed by atoms with van der Waals surface area (Å²) in [6, 6.07) is 7.64. The largest absolute Gasteiger partial charge is 0.497 e. The Labute approximate surface area is 182 Å². The first kappa shape index (κ1) is 20.9. The van der Waals surface area contributed by atoms with Gasteiger partial charge >= 0.3 is 0 Å². The molecule has 7 heteroatoms. The van der Waals surface area contributed by atoms with Gasteiger partial charge in [-0.25, -0.2) is 9.98 Å². The third-order valence-electron chi connectivity index (χ3n) is 5.78. The summed E-state index contributed by atoms with van der Waals surface area (Å²) >= 11 is 0. The number of hydrogen-bond acceptors (Lipinski definition) is 7. The van der Waals surface area contributed by atoms with Crippen molar-refractivity contribution in [3.63, 3.8) is 0 Å². The zero-order chi connectivity index (χ0) is 22.0. The maximum atomic E-state index is 12.8. The van der Waals surface area contributed by atoms with E-state index in [9.17, 15) is 4.79 Å². The van der Waals surface area contributed by atoms with Gasteiger partial charge in [0.25, 0.3) is 6.02 Å². The number of methoxy groups -OCH3 is 1. The SMILES string of the molecule is C=CCC1(C)N=C(NC2=NC(c3cccc(OC)c3)C3=C(CCCC3=O)N2)O/C1=C/C. The number of ketones is 1. The van der Waals surface area contributed by atoms with E-state index in [1.54, 1.807) is 7.11 Å². The van der Waals surface area contributed by atoms with E-state index in [4.69, 9.17) is 19.5 Å². The molecule has 0 amide bonds. The highest BCUT2D eigenvalue weighted by Crippen LogP contribution is 2.37. The number of amidine groups is 1. The van der Waals surface area contributed by atoms with Crippen molar-refractivity contribution in [3.05, 3.63) is 65.6 Å². The fourth-order valence-electron chi connectivity index (χ4n) is 4.26. The molecule has 162 valence electrons. The molecule has 0 radical (unpaired) electrons. The van der Waals surface area contributed by atoms with Gasteiger partial charge in [-0.2, -0.15) is 0 Å². The first-order valence-corrected chi connectivity index (χ1v) is 10.5. The van der Waals surface area contributed by atoms with Gasteiger partial charge in [-0.05, 0) is 56.9 Å². The maximum Gasteiger partial charge on any atom is 0.297 e. The Morgan fingerprint density at radius 2 is 2.26 bits per heavy atom. The Balaban J connectivity index is 1.68. The van der Waals surface area contributed by atoms with Crippen molar-refractivity contribution in [2.75, 3.05) is 7.11 Å². The molecule has 0 aromatic heterocycles. The molecule has 2 N–H and O–H groups in total. The first-order valence-electron chi connectivity index (χ1n) is 10.5. The average Bonchev–Trinajstić information content (AvgIpc) is 3.08. The number of carbonyl (C=O) groups is 1. The molecule has 2 heterocycles. The third kappa shape index (κ3) is 4.00. The Morgan fingerprint density at radius 3 is 3.00 bits per heavy atom. The molecule has 2 aliphatic heterocycles. The van der Waals surface area contributed by atoms with Crippen LogP contribution in [0.2, 0.25) is 0 Å². The van der Waals surface area contributed by atoms with Crippen LogP contribution >= 0.6 is 0 Å². The molecule has 0 saturated carbocycles. The van der Waals surface area contributed by atoms with Crippen molar-refractivity contribution in [1.82, 2.24) is 10.6 Å². The molecular weight excluding hydrogens is 392 g/mol. The third-order valence-corrected chi connectivity index (χ3v) is 5.78. The number of Topliss-reactive ketones (excluding diaryl/α,β-unsaturated/α-hetero) is 1. The van der Waals surface area contributed by atoms with E-state index >= 15 is 0 Å². The lowest BCUT2D eigenvalue weighted by Gasteiger charge is -2.30. The standard InChI is InChI=1S/C24H28N4O3/c1-5-13-24(3)19(6-2)31-23(28-24)27-22-25-17-11-8-12-18(29)20(17)21(26-22)15-9-7-10-16(14-15)30-4/h5-7,9-10,14,21H,1,8,11-13H2,2-4H3,(H2,25,26,27,28)/b19-6+. The zero-order valence-electron chi connectivity index (χ0n) is 18.2. The molecule has 2 atom stereocenters. The van der Waals surface area contributed by atoms with Crippen LogP contribution in [0.1, 0.15) is 51.1 Å². The van der Waals surface area contributed by atoms with Gasteiger partial charge in [0.05, 0.1) is 7.11 Å². The van der Waals surface area contributed by atoms with Crippen molar-refractivity contribution in [3.8, 4) is 5.75 Å². The molecular formula is C24H28N4O3. The van der Waals surface area contributed by atoms with E-state index in [-0.39, 0.29) is 5.78 Å². The van der Waals surface area contributed by atoms with Gasteiger partial charge in [-0.3, -0.25) is 10.1 Å². The molecule has 4 rings (SSSR count). The number of hydrogen-bond donors (Lipinski definition) is 2. The topological polar surface area (TPSA) is 84.3 Å². The first-order chi connectivity index (χ1) is 15.0. The number of allylic oxidation sites excluding steroid dienone is 2. The fraction of sp³-hybridized carbons (Fsp3) is 0.375. The highest BCUT2D eigenvalue weighted by Gasteiger charge is 2.38. The number of nitrogens with zero attached hydrogens (tertiary/aromatic N) is 2. The number of benzene rings is 1. The van der Waals surface area contributed by atoms with Crippen LogP contribution in [-0.4, -0.2) is 30.4 Å². The lowest BCUT2D eigenvalue weighted by Crippen LogP contribution is -2.45. The van der Waals surface area contributed by atoms with Gasteiger partial charge in [0.1, 0.15) is 23.1 Å². The zero-order valence-corrected chi connectivity index (χ0v) is 18.2. The Kier molecular flexibility index (Phi) is 5.67. The van der Waals surface area contributed by atoms with Crippen LogP contribution in [-0.2, 0) is 9.53 Å². The summed E-state index contributed by atoms with van der Waals surface area (Å²) in [6.45, 7) is 7.77. The monoisotopic (exact) mass is 420 g/mol. The molecule has 0 spiro atoms. The molecule has 1 aromatic carbocycles. The van der Waals surface area contributed by atoms with Crippen LogP contribution in [0.3, 0.4) is 0 Å². The molecule has 1 aliphatic carbocycles. The van der Waals surface area contributed by atoms with Crippen molar-refractivity contribution in [1.29, 1.82) is 0 Å². The second kappa shape index (κ2) is 8.41. The summed E-state index contributed by atoms with van der Waals surface area (Å²) in [7, 11) is 1.63. The molecule has 2 unspecified atom stereocenters. The molecule has 1 aromatic rings. The summed E-state index contributed by atoms with van der Waals surface area (Å²) < 4.78 is 11.3. The molecule has 7 nitrogen and oxygen atoms in total. The van der Waals surface area contributed by atoms with Gasteiger partial charge in [-0.15, -0.1) is 6.58 Å². The lowest BCUT2D eigenvalue weighted by atomic mass is 9.86. The second-order valence-corrected chi connectivity index (χ2v) is 8.01. The number of ether oxygens (including phenoxy) is 2. The van der Waals surface area contributed by atoms with Crippen LogP contribution in [0.25, 0.3) is 0 Å². The summed E-state index contributed by atoms with van der Waals surface area (Å²) in [4.78, 5) is 22.3. The minimum absolute atomic E-state index is 0.133. The van der Waals surface area contributed by atoms with Gasteiger partial charge in [0.15, 0.2) is 5.78 Å². The van der Waals surface area contributed by atoms with E-state index in [1.807, 2.05) is 50.3 Å². The summed E-state index contributed by atoms with van der Waals surface area (Å²) in [6.07, 6.45) is 6.56. The second-order valence-electron chi connectivity index (χ2n) is 8.01. The van der Waals surface area contributed by atoms with E-state index in [2.05, 4.69) is 17.2 Å². The maximum absolute atomic E-state index is 12.8. The van der Waals surface area contributed by atoms with Gasteiger partial charge in [0, 0.05) is 17.7 Å². The smallest absolute Gasteiger partial charge is 0.297 e. The average molecular weight is 421 g/mol. The summed E-state index contributed by atoms with van der Waals surface area (Å²) in [5.41, 5.74) is 2.04. The quantitative estimate of drug-likeness (QED) is 0.722. The number of carbonyl (C=O) groups excluding carboxylic acids is 1. The van der Waals surface area contributed by atoms with E-state index in [1.165, 1.54) is 0 Å². The number of rotatable bonds is 4.